The zero-order valence-electron chi connectivity index (χ0n) is 11.0. The third kappa shape index (κ3) is 4.13. The number of hydrogen-bond donors (Lipinski definition) is 0. The van der Waals surface area contributed by atoms with Gasteiger partial charge in [-0.2, -0.15) is 8.42 Å². The molecule has 0 aliphatic carbocycles. The number of benzene rings is 2. The van der Waals surface area contributed by atoms with E-state index in [2.05, 4.69) is 4.18 Å². The summed E-state index contributed by atoms with van der Waals surface area (Å²) in [6, 6.07) is 10.8. The van der Waals surface area contributed by atoms with E-state index >= 15 is 0 Å². The van der Waals surface area contributed by atoms with Gasteiger partial charge in [-0.15, -0.1) is 0 Å². The van der Waals surface area contributed by atoms with Gasteiger partial charge in [-0.1, -0.05) is 30.3 Å². The van der Waals surface area contributed by atoms with Crippen molar-refractivity contribution >= 4 is 21.9 Å². The summed E-state index contributed by atoms with van der Waals surface area (Å²) in [6.07, 6.45) is 1.26. The van der Waals surface area contributed by atoms with E-state index in [4.69, 9.17) is 0 Å². The van der Waals surface area contributed by atoms with Crippen molar-refractivity contribution in [1.82, 2.24) is 0 Å². The smallest absolute Gasteiger partial charge is 0.332 e. The molecule has 2 rings (SSSR count). The van der Waals surface area contributed by atoms with E-state index in [1.165, 1.54) is 6.08 Å². The molecular formula is C14H10FNO5S. The van der Waals surface area contributed by atoms with Crippen LogP contribution in [0.15, 0.2) is 53.9 Å². The van der Waals surface area contributed by atoms with E-state index < -0.39 is 32.3 Å². The van der Waals surface area contributed by atoms with Crippen LogP contribution in [-0.2, 0) is 10.1 Å². The van der Waals surface area contributed by atoms with Crippen LogP contribution in [0.3, 0.4) is 0 Å². The molecule has 0 heterocycles. The molecule has 22 heavy (non-hydrogen) atoms. The second-order valence-electron chi connectivity index (χ2n) is 4.16. The zero-order chi connectivity index (χ0) is 16.2. The fourth-order valence-corrected chi connectivity index (χ4v) is 2.35. The van der Waals surface area contributed by atoms with Crippen molar-refractivity contribution in [2.75, 3.05) is 0 Å². The molecule has 0 aliphatic rings. The third-order valence-electron chi connectivity index (χ3n) is 2.55. The van der Waals surface area contributed by atoms with E-state index in [1.807, 2.05) is 0 Å². The van der Waals surface area contributed by atoms with Crippen LogP contribution in [0, 0.1) is 15.9 Å². The van der Waals surface area contributed by atoms with Gasteiger partial charge < -0.3 is 4.18 Å². The van der Waals surface area contributed by atoms with Crippen molar-refractivity contribution in [1.29, 1.82) is 0 Å². The summed E-state index contributed by atoms with van der Waals surface area (Å²) >= 11 is 0. The predicted molar refractivity (Wildman–Crippen MR) is 78.1 cm³/mol. The van der Waals surface area contributed by atoms with Crippen LogP contribution < -0.4 is 4.18 Å². The van der Waals surface area contributed by atoms with Crippen molar-refractivity contribution < 1.29 is 21.9 Å². The van der Waals surface area contributed by atoms with Crippen molar-refractivity contribution in [2.45, 2.75) is 0 Å². The summed E-state index contributed by atoms with van der Waals surface area (Å²) in [5, 5.41) is 11.5. The number of nitro benzene ring substituents is 1. The third-order valence-corrected chi connectivity index (χ3v) is 3.43. The first-order valence-electron chi connectivity index (χ1n) is 5.99. The molecule has 0 amide bonds. The van der Waals surface area contributed by atoms with Gasteiger partial charge in [-0.3, -0.25) is 10.1 Å². The molecule has 2 aromatic carbocycles. The van der Waals surface area contributed by atoms with Crippen LogP contribution in [0.5, 0.6) is 5.75 Å². The minimum Gasteiger partial charge on any atom is -0.372 e. The second-order valence-corrected chi connectivity index (χ2v) is 5.58. The Labute approximate surface area is 125 Å². The Morgan fingerprint density at radius 1 is 1.14 bits per heavy atom. The van der Waals surface area contributed by atoms with Crippen LogP contribution >= 0.6 is 0 Å². The molecule has 0 radical (unpaired) electrons. The van der Waals surface area contributed by atoms with Crippen molar-refractivity contribution in [3.63, 3.8) is 0 Å². The lowest BCUT2D eigenvalue weighted by atomic mass is 10.2. The maximum absolute atomic E-state index is 13.1. The standard InChI is InChI=1S/C14H10FNO5S/c15-12-6-7-13(16(17)18)14(10-12)21-22(19,20)9-8-11-4-2-1-3-5-11/h1-10H/b9-8+. The first-order valence-corrected chi connectivity index (χ1v) is 7.46. The predicted octanol–water partition coefficient (Wildman–Crippen LogP) is 3.11. The first-order chi connectivity index (χ1) is 10.4. The quantitative estimate of drug-likeness (QED) is 0.479. The highest BCUT2D eigenvalue weighted by molar-refractivity contribution is 7.90. The summed E-state index contributed by atoms with van der Waals surface area (Å²) < 4.78 is 41.3. The number of hydrogen-bond acceptors (Lipinski definition) is 5. The molecule has 0 unspecified atom stereocenters. The second kappa shape index (κ2) is 6.35. The lowest BCUT2D eigenvalue weighted by Gasteiger charge is -2.04. The molecule has 2 aromatic rings. The van der Waals surface area contributed by atoms with E-state index in [0.29, 0.717) is 11.6 Å². The summed E-state index contributed by atoms with van der Waals surface area (Å²) in [6.45, 7) is 0. The van der Waals surface area contributed by atoms with E-state index in [-0.39, 0.29) is 0 Å². The molecule has 0 spiro atoms. The highest BCUT2D eigenvalue weighted by atomic mass is 32.2. The maximum atomic E-state index is 13.1. The highest BCUT2D eigenvalue weighted by Crippen LogP contribution is 2.29. The molecule has 114 valence electrons. The molecule has 0 aromatic heterocycles. The Kier molecular flexibility index (Phi) is 4.52. The average molecular weight is 323 g/mol. The van der Waals surface area contributed by atoms with Gasteiger partial charge in [0.15, 0.2) is 0 Å². The summed E-state index contributed by atoms with van der Waals surface area (Å²) in [7, 11) is -4.26. The first kappa shape index (κ1) is 15.6. The minimum atomic E-state index is -4.26. The molecule has 0 bridgehead atoms. The molecule has 0 saturated heterocycles. The molecule has 0 aliphatic heterocycles. The number of nitrogens with zero attached hydrogens (tertiary/aromatic N) is 1. The summed E-state index contributed by atoms with van der Waals surface area (Å²) in [5.41, 5.74) is -0.0403. The number of halogens is 1. The minimum absolute atomic E-state index is 0.600. The van der Waals surface area contributed by atoms with Crippen molar-refractivity contribution in [2.24, 2.45) is 0 Å². The molecule has 0 saturated carbocycles. The van der Waals surface area contributed by atoms with E-state index in [1.54, 1.807) is 30.3 Å². The van der Waals surface area contributed by atoms with Gasteiger partial charge in [0.05, 0.1) is 10.3 Å². The molecular weight excluding hydrogens is 313 g/mol. The van der Waals surface area contributed by atoms with Crippen molar-refractivity contribution in [3.05, 3.63) is 75.4 Å². The molecule has 0 atom stereocenters. The van der Waals surface area contributed by atoms with Crippen LogP contribution in [0.25, 0.3) is 6.08 Å². The Morgan fingerprint density at radius 2 is 1.82 bits per heavy atom. The number of nitro groups is 1. The zero-order valence-corrected chi connectivity index (χ0v) is 11.9. The lowest BCUT2D eigenvalue weighted by molar-refractivity contribution is -0.385. The van der Waals surface area contributed by atoms with Crippen LogP contribution in [0.4, 0.5) is 10.1 Å². The maximum Gasteiger partial charge on any atom is 0.332 e. The summed E-state index contributed by atoms with van der Waals surface area (Å²) in [4.78, 5) is 9.93. The van der Waals surface area contributed by atoms with E-state index in [9.17, 15) is 22.9 Å². The molecule has 0 N–H and O–H groups in total. The van der Waals surface area contributed by atoms with Crippen LogP contribution in [0.1, 0.15) is 5.56 Å². The number of rotatable bonds is 5. The lowest BCUT2D eigenvalue weighted by Crippen LogP contribution is -2.07. The van der Waals surface area contributed by atoms with Crippen LogP contribution in [0.2, 0.25) is 0 Å². The highest BCUT2D eigenvalue weighted by Gasteiger charge is 2.20. The van der Waals surface area contributed by atoms with Gasteiger partial charge in [0, 0.05) is 12.1 Å². The summed E-state index contributed by atoms with van der Waals surface area (Å²) in [5.74, 6) is -1.52. The fourth-order valence-electron chi connectivity index (χ4n) is 1.58. The van der Waals surface area contributed by atoms with Gasteiger partial charge in [-0.25, -0.2) is 4.39 Å². The van der Waals surface area contributed by atoms with Gasteiger partial charge in [0.1, 0.15) is 5.82 Å². The Bertz CT molecular complexity index is 818. The Hall–Kier alpha value is -2.74. The van der Waals surface area contributed by atoms with Gasteiger partial charge in [-0.05, 0) is 17.7 Å². The molecule has 8 heteroatoms. The average Bonchev–Trinajstić information content (AvgIpc) is 2.46. The van der Waals surface area contributed by atoms with Crippen molar-refractivity contribution in [3.8, 4) is 5.75 Å². The van der Waals surface area contributed by atoms with Crippen LogP contribution in [-0.4, -0.2) is 13.3 Å². The SMILES string of the molecule is O=[N+]([O-])c1ccc(F)cc1OS(=O)(=O)/C=C/c1ccccc1. The van der Waals surface area contributed by atoms with Gasteiger partial charge in [0.2, 0.25) is 5.75 Å². The monoisotopic (exact) mass is 323 g/mol. The topological polar surface area (TPSA) is 86.5 Å². The fraction of sp³-hybridized carbons (Fsp3) is 0. The Morgan fingerprint density at radius 3 is 2.45 bits per heavy atom. The van der Waals surface area contributed by atoms with E-state index in [0.717, 1.165) is 17.5 Å². The van der Waals surface area contributed by atoms with Gasteiger partial charge >= 0.3 is 15.8 Å². The largest absolute Gasteiger partial charge is 0.372 e. The molecule has 0 fully saturated rings. The van der Waals surface area contributed by atoms with Gasteiger partial charge in [0.25, 0.3) is 0 Å². The molecule has 6 nitrogen and oxygen atoms in total. The Balaban J connectivity index is 2.28. The normalized spacial score (nSPS) is 11.5.